The van der Waals surface area contributed by atoms with E-state index in [1.54, 1.807) is 16.4 Å². The van der Waals surface area contributed by atoms with Gasteiger partial charge in [0.05, 0.1) is 15.9 Å². The Bertz CT molecular complexity index is 1430. The molecule has 3 fully saturated rings. The number of likely N-dealkylation sites (tertiary alicyclic amines) is 1. The van der Waals surface area contributed by atoms with E-state index in [4.69, 9.17) is 4.98 Å². The maximum atomic E-state index is 13.3. The molecule has 0 N–H and O–H groups in total. The fourth-order valence-electron chi connectivity index (χ4n) is 6.75. The number of sulfonamides is 1. The van der Waals surface area contributed by atoms with Gasteiger partial charge in [-0.25, -0.2) is 13.4 Å². The van der Waals surface area contributed by atoms with Crippen molar-refractivity contribution in [2.24, 2.45) is 0 Å². The molecule has 7 nitrogen and oxygen atoms in total. The zero-order valence-electron chi connectivity index (χ0n) is 23.0. The van der Waals surface area contributed by atoms with Crippen molar-refractivity contribution in [2.45, 2.75) is 88.0 Å². The highest BCUT2D eigenvalue weighted by molar-refractivity contribution is 7.89. The lowest BCUT2D eigenvalue weighted by atomic mass is 9.93. The van der Waals surface area contributed by atoms with Gasteiger partial charge in [0.2, 0.25) is 10.0 Å². The lowest BCUT2D eigenvalue weighted by Gasteiger charge is -2.33. The van der Waals surface area contributed by atoms with Crippen LogP contribution in [0.15, 0.2) is 47.4 Å². The second kappa shape index (κ2) is 11.0. The van der Waals surface area contributed by atoms with Crippen molar-refractivity contribution < 1.29 is 13.2 Å². The molecule has 2 aliphatic heterocycles. The summed E-state index contributed by atoms with van der Waals surface area (Å²) in [6, 6.07) is 13.6. The first-order valence-corrected chi connectivity index (χ1v) is 16.2. The Kier molecular flexibility index (Phi) is 7.51. The lowest BCUT2D eigenvalue weighted by Crippen LogP contribution is -2.38. The molecule has 3 heterocycles. The van der Waals surface area contributed by atoms with E-state index in [0.717, 1.165) is 79.6 Å². The fourth-order valence-corrected chi connectivity index (χ4v) is 8.22. The van der Waals surface area contributed by atoms with Gasteiger partial charge in [-0.15, -0.1) is 0 Å². The third-order valence-corrected chi connectivity index (χ3v) is 10.9. The third-order valence-electron chi connectivity index (χ3n) is 9.02. The van der Waals surface area contributed by atoms with Crippen molar-refractivity contribution in [3.8, 4) is 0 Å². The van der Waals surface area contributed by atoms with E-state index >= 15 is 0 Å². The van der Waals surface area contributed by atoms with Crippen LogP contribution in [0.2, 0.25) is 0 Å². The van der Waals surface area contributed by atoms with Gasteiger partial charge in [-0.3, -0.25) is 4.79 Å². The van der Waals surface area contributed by atoms with Crippen LogP contribution in [0, 0.1) is 6.92 Å². The number of piperidine rings is 2. The van der Waals surface area contributed by atoms with Gasteiger partial charge < -0.3 is 9.47 Å². The average molecular weight is 549 g/mol. The smallest absolute Gasteiger partial charge is 0.253 e. The van der Waals surface area contributed by atoms with Crippen LogP contribution >= 0.6 is 0 Å². The van der Waals surface area contributed by atoms with Crippen LogP contribution in [-0.4, -0.2) is 59.3 Å². The summed E-state index contributed by atoms with van der Waals surface area (Å²) in [4.78, 5) is 20.8. The number of rotatable bonds is 5. The monoisotopic (exact) mass is 548 g/mol. The molecule has 39 heavy (non-hydrogen) atoms. The number of aromatic nitrogens is 2. The van der Waals surface area contributed by atoms with Gasteiger partial charge >= 0.3 is 0 Å². The molecule has 2 saturated heterocycles. The van der Waals surface area contributed by atoms with Crippen molar-refractivity contribution in [1.29, 1.82) is 0 Å². The Balaban J connectivity index is 1.28. The van der Waals surface area contributed by atoms with Crippen LogP contribution in [0.3, 0.4) is 0 Å². The Morgan fingerprint density at radius 3 is 2.18 bits per heavy atom. The summed E-state index contributed by atoms with van der Waals surface area (Å²) in [6.07, 6.45) is 10.9. The molecule has 0 radical (unpaired) electrons. The third kappa shape index (κ3) is 5.25. The Morgan fingerprint density at radius 1 is 0.821 bits per heavy atom. The maximum absolute atomic E-state index is 13.3. The number of aryl methyl sites for hydroxylation is 1. The second-order valence-electron chi connectivity index (χ2n) is 11.7. The van der Waals surface area contributed by atoms with Crippen molar-refractivity contribution in [3.63, 3.8) is 0 Å². The highest BCUT2D eigenvalue weighted by atomic mass is 32.2. The summed E-state index contributed by atoms with van der Waals surface area (Å²) in [5.74, 6) is 1.39. The van der Waals surface area contributed by atoms with E-state index in [1.807, 2.05) is 36.1 Å². The Hall–Kier alpha value is -2.71. The molecule has 1 aliphatic carbocycles. The molecule has 3 aliphatic rings. The molecule has 6 rings (SSSR count). The number of nitrogens with zero attached hydrogens (tertiary/aromatic N) is 4. The summed E-state index contributed by atoms with van der Waals surface area (Å²) in [5.41, 5.74) is 3.79. The number of carbonyl (C=O) groups is 1. The molecule has 3 aromatic rings. The van der Waals surface area contributed by atoms with Gasteiger partial charge in [-0.1, -0.05) is 37.0 Å². The number of benzene rings is 2. The summed E-state index contributed by atoms with van der Waals surface area (Å²) in [5, 5.41) is 0. The molecule has 1 saturated carbocycles. The summed E-state index contributed by atoms with van der Waals surface area (Å²) >= 11 is 0. The first-order chi connectivity index (χ1) is 18.9. The topological polar surface area (TPSA) is 75.5 Å². The first-order valence-electron chi connectivity index (χ1n) is 14.8. The second-order valence-corrected chi connectivity index (χ2v) is 13.6. The molecule has 0 unspecified atom stereocenters. The normalized spacial score (nSPS) is 20.5. The van der Waals surface area contributed by atoms with Crippen molar-refractivity contribution >= 4 is 27.0 Å². The summed E-state index contributed by atoms with van der Waals surface area (Å²) in [7, 11) is -3.50. The molecule has 8 heteroatoms. The van der Waals surface area contributed by atoms with Crippen molar-refractivity contribution in [1.82, 2.24) is 18.8 Å². The average Bonchev–Trinajstić information content (AvgIpc) is 3.37. The first kappa shape index (κ1) is 26.5. The van der Waals surface area contributed by atoms with Crippen molar-refractivity contribution in [3.05, 3.63) is 59.4 Å². The summed E-state index contributed by atoms with van der Waals surface area (Å²) < 4.78 is 30.7. The molecule has 208 valence electrons. The molecule has 1 amide bonds. The van der Waals surface area contributed by atoms with Gasteiger partial charge in [-0.2, -0.15) is 4.31 Å². The predicted octanol–water partition coefficient (Wildman–Crippen LogP) is 6.04. The fraction of sp³-hybridized carbons (Fsp3) is 0.548. The molecule has 0 atom stereocenters. The highest BCUT2D eigenvalue weighted by Crippen LogP contribution is 2.38. The lowest BCUT2D eigenvalue weighted by molar-refractivity contribution is 0.0724. The van der Waals surface area contributed by atoms with Gasteiger partial charge in [0, 0.05) is 43.7 Å². The van der Waals surface area contributed by atoms with E-state index in [0.29, 0.717) is 24.0 Å². The number of hydrogen-bond donors (Lipinski definition) is 0. The van der Waals surface area contributed by atoms with E-state index in [1.165, 1.54) is 25.7 Å². The maximum Gasteiger partial charge on any atom is 0.253 e. The van der Waals surface area contributed by atoms with E-state index in [9.17, 15) is 13.2 Å². The van der Waals surface area contributed by atoms with Crippen LogP contribution in [0.1, 0.15) is 97.9 Å². The Morgan fingerprint density at radius 2 is 1.49 bits per heavy atom. The van der Waals surface area contributed by atoms with E-state index in [2.05, 4.69) is 10.6 Å². The number of carbonyl (C=O) groups excluding carboxylic acids is 1. The highest BCUT2D eigenvalue weighted by Gasteiger charge is 2.33. The van der Waals surface area contributed by atoms with Gasteiger partial charge in [0.25, 0.3) is 5.91 Å². The number of hydrogen-bond acceptors (Lipinski definition) is 4. The number of fused-ring (bicyclic) bond motifs is 1. The molecular weight excluding hydrogens is 508 g/mol. The number of amides is 1. The van der Waals surface area contributed by atoms with Gasteiger partial charge in [0.15, 0.2) is 0 Å². The quantitative estimate of drug-likeness (QED) is 0.389. The minimum absolute atomic E-state index is 0.111. The largest absolute Gasteiger partial charge is 0.339 e. The van der Waals surface area contributed by atoms with Gasteiger partial charge in [0.1, 0.15) is 5.82 Å². The molecule has 0 spiro atoms. The van der Waals surface area contributed by atoms with E-state index < -0.39 is 10.0 Å². The number of imidazole rings is 1. The minimum atomic E-state index is -3.50. The predicted molar refractivity (Wildman–Crippen MR) is 154 cm³/mol. The minimum Gasteiger partial charge on any atom is -0.339 e. The molecule has 1 aromatic heterocycles. The zero-order valence-corrected chi connectivity index (χ0v) is 23.8. The SMILES string of the molecule is Cc1ccc(S(=O)(=O)N2CCC(c3nc4cc(C(=O)N5CCCCC5)ccc4n3C3CCCCC3)CC2)cc1. The van der Waals surface area contributed by atoms with Crippen LogP contribution in [0.4, 0.5) is 0 Å². The van der Waals surface area contributed by atoms with Crippen LogP contribution in [0.25, 0.3) is 11.0 Å². The molecule has 2 aromatic carbocycles. The van der Waals surface area contributed by atoms with Crippen molar-refractivity contribution in [2.75, 3.05) is 26.2 Å². The van der Waals surface area contributed by atoms with E-state index in [-0.39, 0.29) is 11.8 Å². The van der Waals surface area contributed by atoms with Crippen LogP contribution in [-0.2, 0) is 10.0 Å². The molecule has 0 bridgehead atoms. The molecular formula is C31H40N4O3S. The zero-order chi connectivity index (χ0) is 27.0. The van der Waals surface area contributed by atoms with Gasteiger partial charge in [-0.05, 0) is 82.2 Å². The van der Waals surface area contributed by atoms with Crippen LogP contribution < -0.4 is 0 Å². The summed E-state index contributed by atoms with van der Waals surface area (Å²) in [6.45, 7) is 4.62. The Labute approximate surface area is 232 Å². The standard InChI is InChI=1S/C31H40N4O3S/c1-23-10-13-27(14-11-23)39(37,38)34-20-16-24(17-21-34)30-32-28-22-25(31(36)33-18-6-3-7-19-33)12-15-29(28)35(30)26-8-4-2-5-9-26/h10-15,22,24,26H,2-9,16-21H2,1H3. The van der Waals surface area contributed by atoms with Crippen LogP contribution in [0.5, 0.6) is 0 Å².